The number of carbonyl (C=O) groups excluding carboxylic acids is 1. The van der Waals surface area contributed by atoms with Crippen molar-refractivity contribution >= 4 is 5.91 Å². The number of nitrogens with one attached hydrogen (secondary N) is 1. The van der Waals surface area contributed by atoms with E-state index in [1.54, 1.807) is 0 Å². The van der Waals surface area contributed by atoms with Gasteiger partial charge in [-0.15, -0.1) is 0 Å². The third-order valence-corrected chi connectivity index (χ3v) is 2.76. The van der Waals surface area contributed by atoms with Crippen LogP contribution in [-0.4, -0.2) is 23.7 Å². The van der Waals surface area contributed by atoms with E-state index in [0.717, 1.165) is 32.2 Å². The molecule has 0 fully saturated rings. The standard InChI is InChI=1S/C12H25NO2/c1-4-13-12(15)9-7-5-6-8-10(2)11(3)14/h10-11,14H,4-9H2,1-3H3,(H,13,15)/t10-,11+/m1/s1. The molecule has 0 aromatic heterocycles. The Morgan fingerprint density at radius 3 is 2.47 bits per heavy atom. The Balaban J connectivity index is 3.28. The molecule has 2 N–H and O–H groups in total. The van der Waals surface area contributed by atoms with Crippen molar-refractivity contribution < 1.29 is 9.90 Å². The van der Waals surface area contributed by atoms with E-state index in [1.807, 2.05) is 13.8 Å². The van der Waals surface area contributed by atoms with Crippen molar-refractivity contribution in [3.63, 3.8) is 0 Å². The third-order valence-electron chi connectivity index (χ3n) is 2.76. The summed E-state index contributed by atoms with van der Waals surface area (Å²) in [4.78, 5) is 11.1. The second-order valence-electron chi connectivity index (χ2n) is 4.27. The predicted molar refractivity (Wildman–Crippen MR) is 62.6 cm³/mol. The van der Waals surface area contributed by atoms with Gasteiger partial charge in [-0.25, -0.2) is 0 Å². The molecule has 0 aromatic rings. The van der Waals surface area contributed by atoms with Gasteiger partial charge in [-0.1, -0.05) is 19.8 Å². The lowest BCUT2D eigenvalue weighted by Gasteiger charge is -2.13. The number of rotatable bonds is 8. The number of aliphatic hydroxyl groups is 1. The summed E-state index contributed by atoms with van der Waals surface area (Å²) >= 11 is 0. The monoisotopic (exact) mass is 215 g/mol. The summed E-state index contributed by atoms with van der Waals surface area (Å²) in [6, 6.07) is 0. The van der Waals surface area contributed by atoms with E-state index in [0.29, 0.717) is 12.3 Å². The molecule has 0 aliphatic heterocycles. The molecule has 3 nitrogen and oxygen atoms in total. The molecule has 0 aromatic carbocycles. The maximum atomic E-state index is 11.1. The van der Waals surface area contributed by atoms with Crippen LogP contribution in [0.5, 0.6) is 0 Å². The molecule has 0 rings (SSSR count). The molecule has 0 aliphatic rings. The fraction of sp³-hybridized carbons (Fsp3) is 0.917. The Morgan fingerprint density at radius 2 is 1.93 bits per heavy atom. The van der Waals surface area contributed by atoms with Crippen LogP contribution in [0.2, 0.25) is 0 Å². The summed E-state index contributed by atoms with van der Waals surface area (Å²) in [6.07, 6.45) is 4.61. The van der Waals surface area contributed by atoms with Crippen molar-refractivity contribution in [3.8, 4) is 0 Å². The average Bonchev–Trinajstić information content (AvgIpc) is 2.17. The van der Waals surface area contributed by atoms with Gasteiger partial charge in [0.2, 0.25) is 5.91 Å². The lowest BCUT2D eigenvalue weighted by Crippen LogP contribution is -2.22. The quantitative estimate of drug-likeness (QED) is 0.609. The summed E-state index contributed by atoms with van der Waals surface area (Å²) in [7, 11) is 0. The molecule has 0 radical (unpaired) electrons. The first kappa shape index (κ1) is 14.4. The lowest BCUT2D eigenvalue weighted by molar-refractivity contribution is -0.121. The van der Waals surface area contributed by atoms with E-state index in [2.05, 4.69) is 12.2 Å². The van der Waals surface area contributed by atoms with Crippen molar-refractivity contribution in [1.82, 2.24) is 5.32 Å². The first-order valence-electron chi connectivity index (χ1n) is 6.02. The highest BCUT2D eigenvalue weighted by Gasteiger charge is 2.07. The molecule has 3 heteroatoms. The van der Waals surface area contributed by atoms with Crippen LogP contribution in [0.25, 0.3) is 0 Å². The van der Waals surface area contributed by atoms with Gasteiger partial charge in [-0.3, -0.25) is 4.79 Å². The van der Waals surface area contributed by atoms with Crippen LogP contribution in [0.3, 0.4) is 0 Å². The van der Waals surface area contributed by atoms with Crippen LogP contribution in [0.1, 0.15) is 52.9 Å². The van der Waals surface area contributed by atoms with Gasteiger partial charge in [0.25, 0.3) is 0 Å². The molecule has 0 spiro atoms. The molecule has 15 heavy (non-hydrogen) atoms. The summed E-state index contributed by atoms with van der Waals surface area (Å²) < 4.78 is 0. The van der Waals surface area contributed by atoms with Crippen LogP contribution in [0.4, 0.5) is 0 Å². The lowest BCUT2D eigenvalue weighted by atomic mass is 9.98. The summed E-state index contributed by atoms with van der Waals surface area (Å²) in [6.45, 7) is 6.55. The molecule has 0 bridgehead atoms. The summed E-state index contributed by atoms with van der Waals surface area (Å²) in [5.41, 5.74) is 0. The zero-order valence-electron chi connectivity index (χ0n) is 10.3. The number of hydrogen-bond acceptors (Lipinski definition) is 2. The van der Waals surface area contributed by atoms with Crippen LogP contribution < -0.4 is 5.32 Å². The highest BCUT2D eigenvalue weighted by Crippen LogP contribution is 2.13. The van der Waals surface area contributed by atoms with Crippen molar-refractivity contribution in [2.45, 2.75) is 59.0 Å². The highest BCUT2D eigenvalue weighted by atomic mass is 16.3. The van der Waals surface area contributed by atoms with Crippen molar-refractivity contribution in [2.24, 2.45) is 5.92 Å². The Hall–Kier alpha value is -0.570. The Labute approximate surface area is 93.3 Å². The van der Waals surface area contributed by atoms with Gasteiger partial charge in [0.05, 0.1) is 6.10 Å². The number of unbranched alkanes of at least 4 members (excludes halogenated alkanes) is 2. The molecule has 1 amide bonds. The number of carbonyl (C=O) groups is 1. The summed E-state index contributed by atoms with van der Waals surface area (Å²) in [5.74, 6) is 0.524. The first-order chi connectivity index (χ1) is 7.07. The minimum Gasteiger partial charge on any atom is -0.393 e. The minimum absolute atomic E-state index is 0.154. The molecule has 2 atom stereocenters. The number of aliphatic hydroxyl groups excluding tert-OH is 1. The van der Waals surface area contributed by atoms with E-state index in [-0.39, 0.29) is 12.0 Å². The molecular weight excluding hydrogens is 190 g/mol. The van der Waals surface area contributed by atoms with Crippen molar-refractivity contribution in [2.75, 3.05) is 6.54 Å². The van der Waals surface area contributed by atoms with E-state index in [4.69, 9.17) is 0 Å². The van der Waals surface area contributed by atoms with Gasteiger partial charge < -0.3 is 10.4 Å². The van der Waals surface area contributed by atoms with Crippen molar-refractivity contribution in [1.29, 1.82) is 0 Å². The van der Waals surface area contributed by atoms with E-state index >= 15 is 0 Å². The zero-order valence-corrected chi connectivity index (χ0v) is 10.3. The average molecular weight is 215 g/mol. The Bertz CT molecular complexity index is 169. The fourth-order valence-corrected chi connectivity index (χ4v) is 1.46. The highest BCUT2D eigenvalue weighted by molar-refractivity contribution is 5.75. The molecule has 90 valence electrons. The topological polar surface area (TPSA) is 49.3 Å². The predicted octanol–water partition coefficient (Wildman–Crippen LogP) is 2.09. The van der Waals surface area contributed by atoms with Crippen LogP contribution >= 0.6 is 0 Å². The van der Waals surface area contributed by atoms with Gasteiger partial charge in [-0.2, -0.15) is 0 Å². The van der Waals surface area contributed by atoms with Crippen LogP contribution in [0.15, 0.2) is 0 Å². The second-order valence-corrected chi connectivity index (χ2v) is 4.27. The SMILES string of the molecule is CCNC(=O)CCCCC[C@@H](C)[C@H](C)O. The first-order valence-corrected chi connectivity index (χ1v) is 6.02. The Kier molecular flexibility index (Phi) is 8.38. The fourth-order valence-electron chi connectivity index (χ4n) is 1.46. The van der Waals surface area contributed by atoms with Crippen LogP contribution in [-0.2, 0) is 4.79 Å². The van der Waals surface area contributed by atoms with Gasteiger partial charge in [0, 0.05) is 13.0 Å². The van der Waals surface area contributed by atoms with Gasteiger partial charge in [0.1, 0.15) is 0 Å². The van der Waals surface area contributed by atoms with Crippen LogP contribution in [0, 0.1) is 5.92 Å². The number of hydrogen-bond donors (Lipinski definition) is 2. The molecule has 0 unspecified atom stereocenters. The molecule has 0 aliphatic carbocycles. The molecule has 0 heterocycles. The maximum absolute atomic E-state index is 11.1. The van der Waals surface area contributed by atoms with E-state index in [9.17, 15) is 9.90 Å². The van der Waals surface area contributed by atoms with Gasteiger partial charge in [0.15, 0.2) is 0 Å². The normalized spacial score (nSPS) is 14.7. The Morgan fingerprint density at radius 1 is 1.27 bits per heavy atom. The molecule has 0 saturated heterocycles. The van der Waals surface area contributed by atoms with Gasteiger partial charge >= 0.3 is 0 Å². The maximum Gasteiger partial charge on any atom is 0.219 e. The van der Waals surface area contributed by atoms with Crippen molar-refractivity contribution in [3.05, 3.63) is 0 Å². The van der Waals surface area contributed by atoms with E-state index < -0.39 is 0 Å². The largest absolute Gasteiger partial charge is 0.393 e. The van der Waals surface area contributed by atoms with E-state index in [1.165, 1.54) is 0 Å². The summed E-state index contributed by atoms with van der Waals surface area (Å²) in [5, 5.41) is 12.1. The number of amides is 1. The molecule has 0 saturated carbocycles. The smallest absolute Gasteiger partial charge is 0.219 e. The zero-order chi connectivity index (χ0) is 11.7. The second kappa shape index (κ2) is 8.72. The van der Waals surface area contributed by atoms with Gasteiger partial charge in [-0.05, 0) is 32.6 Å². The minimum atomic E-state index is -0.214. The molecular formula is C12H25NO2. The third kappa shape index (κ3) is 8.43.